The first-order chi connectivity index (χ1) is 6.68. The first-order valence-electron chi connectivity index (χ1n) is 4.28. The Kier molecular flexibility index (Phi) is 4.39. The maximum Gasteiger partial charge on any atom is 0.216 e. The molecule has 0 aromatic carbocycles. The van der Waals surface area contributed by atoms with Gasteiger partial charge in [-0.15, -0.1) is 0 Å². The van der Waals surface area contributed by atoms with Crippen LogP contribution < -0.4 is 10.6 Å². The number of anilines is 1. The highest BCUT2D eigenvalue weighted by molar-refractivity contribution is 9.10. The van der Waals surface area contributed by atoms with E-state index in [0.29, 0.717) is 13.1 Å². The van der Waals surface area contributed by atoms with E-state index >= 15 is 0 Å². The Morgan fingerprint density at radius 3 is 2.86 bits per heavy atom. The molecular formula is C9H12BrN3O. The van der Waals surface area contributed by atoms with E-state index in [1.165, 1.54) is 6.92 Å². The highest BCUT2D eigenvalue weighted by atomic mass is 79.9. The lowest BCUT2D eigenvalue weighted by molar-refractivity contribution is -0.118. The molecule has 1 aromatic heterocycles. The highest BCUT2D eigenvalue weighted by Gasteiger charge is 1.93. The third kappa shape index (κ3) is 4.23. The van der Waals surface area contributed by atoms with Gasteiger partial charge in [0.1, 0.15) is 5.82 Å². The molecule has 4 nitrogen and oxygen atoms in total. The summed E-state index contributed by atoms with van der Waals surface area (Å²) in [5, 5.41) is 5.77. The minimum absolute atomic E-state index is 0.0180. The number of rotatable bonds is 4. The van der Waals surface area contributed by atoms with Gasteiger partial charge >= 0.3 is 0 Å². The molecule has 14 heavy (non-hydrogen) atoms. The van der Waals surface area contributed by atoms with Crippen LogP contribution in [0, 0.1) is 0 Å². The lowest BCUT2D eigenvalue weighted by Crippen LogP contribution is -2.26. The SMILES string of the molecule is CC(=O)NCCNc1ccc(Br)cn1. The molecule has 0 aliphatic rings. The summed E-state index contributed by atoms with van der Waals surface area (Å²) in [5.41, 5.74) is 0. The Morgan fingerprint density at radius 2 is 2.29 bits per heavy atom. The summed E-state index contributed by atoms with van der Waals surface area (Å²) in [4.78, 5) is 14.7. The smallest absolute Gasteiger partial charge is 0.216 e. The molecule has 1 aromatic rings. The maximum absolute atomic E-state index is 10.5. The quantitative estimate of drug-likeness (QED) is 0.802. The summed E-state index contributed by atoms with van der Waals surface area (Å²) in [6.45, 7) is 2.78. The standard InChI is InChI=1S/C9H12BrN3O/c1-7(14)11-4-5-12-9-3-2-8(10)6-13-9/h2-3,6H,4-5H2,1H3,(H,11,14)(H,12,13). The highest BCUT2D eigenvalue weighted by Crippen LogP contribution is 2.09. The van der Waals surface area contributed by atoms with Crippen molar-refractivity contribution in [3.8, 4) is 0 Å². The van der Waals surface area contributed by atoms with Crippen molar-refractivity contribution < 1.29 is 4.79 Å². The first kappa shape index (κ1) is 11.0. The molecule has 0 bridgehead atoms. The van der Waals surface area contributed by atoms with Crippen molar-refractivity contribution >= 4 is 27.7 Å². The van der Waals surface area contributed by atoms with Crippen LogP contribution in [0.25, 0.3) is 0 Å². The fraction of sp³-hybridized carbons (Fsp3) is 0.333. The van der Waals surface area contributed by atoms with Gasteiger partial charge in [-0.2, -0.15) is 0 Å². The normalized spacial score (nSPS) is 9.57. The molecule has 0 radical (unpaired) electrons. The minimum atomic E-state index is -0.0180. The monoisotopic (exact) mass is 257 g/mol. The van der Waals surface area contributed by atoms with Gasteiger partial charge in [0.15, 0.2) is 0 Å². The van der Waals surface area contributed by atoms with Gasteiger partial charge in [-0.05, 0) is 28.1 Å². The molecule has 0 atom stereocenters. The van der Waals surface area contributed by atoms with Gasteiger partial charge in [0, 0.05) is 30.7 Å². The van der Waals surface area contributed by atoms with Gasteiger partial charge in [0.25, 0.3) is 0 Å². The largest absolute Gasteiger partial charge is 0.368 e. The molecule has 0 spiro atoms. The lowest BCUT2D eigenvalue weighted by atomic mass is 10.4. The Hall–Kier alpha value is -1.10. The Bertz CT molecular complexity index is 299. The fourth-order valence-electron chi connectivity index (χ4n) is 0.909. The van der Waals surface area contributed by atoms with E-state index in [-0.39, 0.29) is 5.91 Å². The fourth-order valence-corrected chi connectivity index (χ4v) is 1.14. The average molecular weight is 258 g/mol. The zero-order chi connectivity index (χ0) is 10.4. The second kappa shape index (κ2) is 5.59. The molecule has 0 unspecified atom stereocenters. The number of amides is 1. The minimum Gasteiger partial charge on any atom is -0.368 e. The number of carbonyl (C=O) groups is 1. The summed E-state index contributed by atoms with van der Waals surface area (Å²) in [7, 11) is 0. The molecule has 0 fully saturated rings. The maximum atomic E-state index is 10.5. The summed E-state index contributed by atoms with van der Waals surface area (Å²) >= 11 is 3.30. The third-order valence-electron chi connectivity index (χ3n) is 1.53. The van der Waals surface area contributed by atoms with E-state index in [0.717, 1.165) is 10.3 Å². The molecule has 1 heterocycles. The van der Waals surface area contributed by atoms with Crippen LogP contribution >= 0.6 is 15.9 Å². The molecule has 2 N–H and O–H groups in total. The van der Waals surface area contributed by atoms with Gasteiger partial charge in [0.2, 0.25) is 5.91 Å². The Balaban J connectivity index is 2.25. The number of aromatic nitrogens is 1. The van der Waals surface area contributed by atoms with Crippen molar-refractivity contribution in [3.63, 3.8) is 0 Å². The number of hydrogen-bond donors (Lipinski definition) is 2. The van der Waals surface area contributed by atoms with Crippen LogP contribution in [0.1, 0.15) is 6.92 Å². The lowest BCUT2D eigenvalue weighted by Gasteiger charge is -2.05. The molecule has 1 rings (SSSR count). The number of nitrogens with zero attached hydrogens (tertiary/aromatic N) is 1. The van der Waals surface area contributed by atoms with Crippen LogP contribution in [0.4, 0.5) is 5.82 Å². The van der Waals surface area contributed by atoms with Gasteiger partial charge in [0.05, 0.1) is 0 Å². The van der Waals surface area contributed by atoms with Crippen molar-refractivity contribution in [2.75, 3.05) is 18.4 Å². The predicted octanol–water partition coefficient (Wildman–Crippen LogP) is 1.39. The summed E-state index contributed by atoms with van der Waals surface area (Å²) in [5.74, 6) is 0.786. The van der Waals surface area contributed by atoms with Gasteiger partial charge < -0.3 is 10.6 Å². The molecule has 0 saturated heterocycles. The summed E-state index contributed by atoms with van der Waals surface area (Å²) < 4.78 is 0.949. The molecule has 76 valence electrons. The zero-order valence-corrected chi connectivity index (χ0v) is 9.47. The molecule has 0 aliphatic heterocycles. The average Bonchev–Trinajstić information content (AvgIpc) is 2.15. The van der Waals surface area contributed by atoms with Crippen molar-refractivity contribution in [1.82, 2.24) is 10.3 Å². The van der Waals surface area contributed by atoms with Crippen LogP contribution in [-0.4, -0.2) is 24.0 Å². The first-order valence-corrected chi connectivity index (χ1v) is 5.07. The number of pyridine rings is 1. The Morgan fingerprint density at radius 1 is 1.50 bits per heavy atom. The van der Waals surface area contributed by atoms with E-state index in [2.05, 4.69) is 31.5 Å². The number of hydrogen-bond acceptors (Lipinski definition) is 3. The molecule has 5 heteroatoms. The molecule has 1 amide bonds. The van der Waals surface area contributed by atoms with Crippen LogP contribution in [0.2, 0.25) is 0 Å². The van der Waals surface area contributed by atoms with E-state index < -0.39 is 0 Å². The number of halogens is 1. The van der Waals surface area contributed by atoms with E-state index in [1.807, 2.05) is 12.1 Å². The second-order valence-corrected chi connectivity index (χ2v) is 3.69. The molecular weight excluding hydrogens is 246 g/mol. The third-order valence-corrected chi connectivity index (χ3v) is 2.00. The van der Waals surface area contributed by atoms with Gasteiger partial charge in [-0.1, -0.05) is 0 Å². The number of nitrogens with one attached hydrogen (secondary N) is 2. The molecule has 0 aliphatic carbocycles. The number of carbonyl (C=O) groups excluding carboxylic acids is 1. The van der Waals surface area contributed by atoms with Gasteiger partial charge in [-0.3, -0.25) is 4.79 Å². The van der Waals surface area contributed by atoms with Crippen LogP contribution in [0.5, 0.6) is 0 Å². The zero-order valence-electron chi connectivity index (χ0n) is 7.88. The van der Waals surface area contributed by atoms with Crippen molar-refractivity contribution in [3.05, 3.63) is 22.8 Å². The van der Waals surface area contributed by atoms with E-state index in [9.17, 15) is 4.79 Å². The Labute approximate surface area is 91.2 Å². The van der Waals surface area contributed by atoms with Crippen molar-refractivity contribution in [2.45, 2.75) is 6.92 Å². The van der Waals surface area contributed by atoms with Gasteiger partial charge in [-0.25, -0.2) is 4.98 Å². The topological polar surface area (TPSA) is 54.0 Å². The van der Waals surface area contributed by atoms with Crippen molar-refractivity contribution in [1.29, 1.82) is 0 Å². The second-order valence-electron chi connectivity index (χ2n) is 2.77. The predicted molar refractivity (Wildman–Crippen MR) is 59.1 cm³/mol. The van der Waals surface area contributed by atoms with Crippen molar-refractivity contribution in [2.24, 2.45) is 0 Å². The molecule has 0 saturated carbocycles. The van der Waals surface area contributed by atoms with E-state index in [4.69, 9.17) is 0 Å². The van der Waals surface area contributed by atoms with Crippen LogP contribution in [-0.2, 0) is 4.79 Å². The summed E-state index contributed by atoms with van der Waals surface area (Å²) in [6, 6.07) is 3.78. The van der Waals surface area contributed by atoms with Crippen LogP contribution in [0.3, 0.4) is 0 Å². The van der Waals surface area contributed by atoms with Crippen LogP contribution in [0.15, 0.2) is 22.8 Å². The van der Waals surface area contributed by atoms with E-state index in [1.54, 1.807) is 6.20 Å². The summed E-state index contributed by atoms with van der Waals surface area (Å²) in [6.07, 6.45) is 1.72.